The lowest BCUT2D eigenvalue weighted by Crippen LogP contribution is -2.18. The van der Waals surface area contributed by atoms with Gasteiger partial charge in [-0.2, -0.15) is 0 Å². The molecule has 0 atom stereocenters. The highest BCUT2D eigenvalue weighted by Gasteiger charge is 2.16. The molecule has 212 valence electrons. The van der Waals surface area contributed by atoms with Crippen LogP contribution in [0.2, 0.25) is 0 Å². The Morgan fingerprint density at radius 2 is 1.69 bits per heavy atom. The average molecular weight is 560 g/mol. The highest BCUT2D eigenvalue weighted by molar-refractivity contribution is 6.07. The van der Waals surface area contributed by atoms with Crippen molar-refractivity contribution < 1.29 is 10.0 Å². The van der Waals surface area contributed by atoms with Crippen LogP contribution in [0.4, 0.5) is 11.5 Å². The topological polar surface area (TPSA) is 99.8 Å². The zero-order valence-electron chi connectivity index (χ0n) is 23.9. The van der Waals surface area contributed by atoms with Crippen molar-refractivity contribution >= 4 is 23.1 Å². The number of aryl methyl sites for hydroxylation is 2. The molecule has 2 heterocycles. The Bertz CT molecular complexity index is 1740. The van der Waals surface area contributed by atoms with Gasteiger partial charge in [0.15, 0.2) is 0 Å². The molecule has 2 aromatic carbocycles. The molecule has 0 saturated heterocycles. The average Bonchev–Trinajstić information content (AvgIpc) is 3.00. The summed E-state index contributed by atoms with van der Waals surface area (Å²) in [5.41, 5.74) is 6.76. The smallest absolute Gasteiger partial charge is 0.295 e. The number of hydroxylamine groups is 2. The Hall–Kier alpha value is -5.08. The monoisotopic (exact) mass is 559 g/mol. The Balaban J connectivity index is 1.42. The van der Waals surface area contributed by atoms with E-state index >= 15 is 0 Å². The van der Waals surface area contributed by atoms with Crippen LogP contribution >= 0.6 is 0 Å². The fourth-order valence-electron chi connectivity index (χ4n) is 4.82. The number of carbonyl (C=O) groups is 1. The Labute approximate surface area is 245 Å². The molecule has 0 spiro atoms. The van der Waals surface area contributed by atoms with Crippen LogP contribution in [0.5, 0.6) is 0 Å². The largest absolute Gasteiger partial charge is 0.322 e. The molecule has 2 aliphatic rings. The van der Waals surface area contributed by atoms with Gasteiger partial charge in [-0.15, -0.1) is 0 Å². The van der Waals surface area contributed by atoms with Crippen molar-refractivity contribution in [1.29, 1.82) is 0 Å². The van der Waals surface area contributed by atoms with Gasteiger partial charge in [-0.1, -0.05) is 55.8 Å². The van der Waals surface area contributed by atoms with E-state index in [0.29, 0.717) is 22.7 Å². The highest BCUT2D eigenvalue weighted by atomic mass is 16.5. The maximum atomic E-state index is 13.3. The Morgan fingerprint density at radius 3 is 2.43 bits per heavy atom. The Kier molecular flexibility index (Phi) is 8.55. The molecule has 0 unspecified atom stereocenters. The predicted molar refractivity (Wildman–Crippen MR) is 167 cm³/mol. The molecular formula is C34H33N5O3. The van der Waals surface area contributed by atoms with Gasteiger partial charge in [-0.3, -0.25) is 14.8 Å². The first-order valence-electron chi connectivity index (χ1n) is 13.9. The number of unbranched alkanes of at least 4 members (excludes halogenated alkanes) is 1. The zero-order valence-corrected chi connectivity index (χ0v) is 23.9. The van der Waals surface area contributed by atoms with Crippen molar-refractivity contribution in [3.05, 3.63) is 136 Å². The maximum Gasteiger partial charge on any atom is 0.295 e. The second-order valence-electron chi connectivity index (χ2n) is 10.2. The third-order valence-corrected chi connectivity index (χ3v) is 7.22. The lowest BCUT2D eigenvalue weighted by Gasteiger charge is -2.15. The molecule has 3 aromatic rings. The maximum absolute atomic E-state index is 13.3. The molecular weight excluding hydrogens is 526 g/mol. The number of hydrogen-bond acceptors (Lipinski definition) is 6. The summed E-state index contributed by atoms with van der Waals surface area (Å²) in [5.74, 6) is -0.0805. The minimum Gasteiger partial charge on any atom is -0.322 e. The fraction of sp³-hybridized carbons (Fsp3) is 0.176. The lowest BCUT2D eigenvalue weighted by atomic mass is 10.0. The number of allylic oxidation sites excluding steroid dienone is 8. The summed E-state index contributed by atoms with van der Waals surface area (Å²) in [6.45, 7) is 4.07. The summed E-state index contributed by atoms with van der Waals surface area (Å²) in [4.78, 5) is 35.4. The minimum absolute atomic E-state index is 0.0717. The van der Waals surface area contributed by atoms with Gasteiger partial charge in [-0.25, -0.2) is 15.0 Å². The van der Waals surface area contributed by atoms with Crippen LogP contribution in [0.3, 0.4) is 0 Å². The summed E-state index contributed by atoms with van der Waals surface area (Å²) in [6, 6.07) is 13.4. The lowest BCUT2D eigenvalue weighted by molar-refractivity contribution is 0.0105. The number of aromatic nitrogens is 2. The third-order valence-electron chi connectivity index (χ3n) is 7.22. The fourth-order valence-corrected chi connectivity index (χ4v) is 4.82. The van der Waals surface area contributed by atoms with E-state index in [1.54, 1.807) is 37.8 Å². The van der Waals surface area contributed by atoms with Gasteiger partial charge in [0.2, 0.25) is 5.82 Å². The number of aliphatic imine (C=N–C) groups is 1. The van der Waals surface area contributed by atoms with Crippen LogP contribution in [-0.4, -0.2) is 31.4 Å². The molecule has 1 amide bonds. The highest BCUT2D eigenvalue weighted by Crippen LogP contribution is 2.29. The van der Waals surface area contributed by atoms with Crippen LogP contribution in [0.1, 0.15) is 41.3 Å². The van der Waals surface area contributed by atoms with Gasteiger partial charge >= 0.3 is 0 Å². The summed E-state index contributed by atoms with van der Waals surface area (Å²) < 4.78 is 1.47. The van der Waals surface area contributed by atoms with Crippen LogP contribution in [0.25, 0.3) is 11.3 Å². The number of nitrogens with zero attached hydrogens (tertiary/aromatic N) is 4. The van der Waals surface area contributed by atoms with Gasteiger partial charge in [-0.05, 0) is 78.5 Å². The SMILES string of the molecule is CCCCc1ccccc1C(=O)Nc1cccc(-c2cn(C)c(=O)c(N=C3C=CC(=C4C=CN(O)C=C4)C=C3)n2)c1C. The van der Waals surface area contributed by atoms with Crippen LogP contribution in [0.15, 0.2) is 118 Å². The van der Waals surface area contributed by atoms with Crippen molar-refractivity contribution in [1.82, 2.24) is 14.6 Å². The molecule has 5 rings (SSSR count). The zero-order chi connectivity index (χ0) is 29.6. The molecule has 2 N–H and O–H groups in total. The van der Waals surface area contributed by atoms with E-state index in [1.165, 1.54) is 4.57 Å². The number of nitrogens with one attached hydrogen (secondary N) is 1. The standard InChI is InChI=1S/C34H33N5O3/c1-4-5-9-26-10-6-7-11-29(26)33(40)37-30-13-8-12-28(23(30)2)31-22-38(3)34(41)32(36-31)35-27-16-14-24(15-17-27)25-18-20-39(42)21-19-25/h6-8,10-22,42H,4-5,9H2,1-3H3,(H,37,40). The van der Waals surface area contributed by atoms with Gasteiger partial charge in [0, 0.05) is 42.5 Å². The van der Waals surface area contributed by atoms with E-state index in [0.717, 1.165) is 52.2 Å². The van der Waals surface area contributed by atoms with E-state index in [2.05, 4.69) is 22.2 Å². The quantitative estimate of drug-likeness (QED) is 0.341. The molecule has 8 nitrogen and oxygen atoms in total. The second kappa shape index (κ2) is 12.6. The number of amides is 1. The first-order chi connectivity index (χ1) is 20.3. The summed E-state index contributed by atoms with van der Waals surface area (Å²) in [5, 5.41) is 13.5. The van der Waals surface area contributed by atoms with E-state index in [9.17, 15) is 14.8 Å². The molecule has 0 saturated carbocycles. The molecule has 0 bridgehead atoms. The normalized spacial score (nSPS) is 14.1. The van der Waals surface area contributed by atoms with E-state index in [-0.39, 0.29) is 17.3 Å². The molecule has 0 radical (unpaired) electrons. The van der Waals surface area contributed by atoms with Crippen LogP contribution in [0, 0.1) is 6.92 Å². The van der Waals surface area contributed by atoms with Gasteiger partial charge in [0.25, 0.3) is 11.5 Å². The number of carbonyl (C=O) groups excluding carboxylic acids is 1. The van der Waals surface area contributed by atoms with Crippen LogP contribution < -0.4 is 10.9 Å². The third kappa shape index (κ3) is 6.29. The van der Waals surface area contributed by atoms with Crippen molar-refractivity contribution in [3.8, 4) is 11.3 Å². The predicted octanol–water partition coefficient (Wildman–Crippen LogP) is 6.58. The summed E-state index contributed by atoms with van der Waals surface area (Å²) in [7, 11) is 1.67. The van der Waals surface area contributed by atoms with Gasteiger partial charge in [0.05, 0.1) is 11.4 Å². The molecule has 8 heteroatoms. The Morgan fingerprint density at radius 1 is 0.976 bits per heavy atom. The van der Waals surface area contributed by atoms with Crippen LogP contribution in [-0.2, 0) is 13.5 Å². The first-order valence-corrected chi connectivity index (χ1v) is 13.9. The van der Waals surface area contributed by atoms with E-state index in [1.807, 2.05) is 73.7 Å². The van der Waals surface area contributed by atoms with Gasteiger partial charge in [0.1, 0.15) is 0 Å². The number of rotatable bonds is 7. The van der Waals surface area contributed by atoms with Crippen molar-refractivity contribution in [3.63, 3.8) is 0 Å². The minimum atomic E-state index is -0.316. The van der Waals surface area contributed by atoms with E-state index in [4.69, 9.17) is 0 Å². The van der Waals surface area contributed by atoms with E-state index < -0.39 is 0 Å². The number of benzene rings is 2. The van der Waals surface area contributed by atoms with Crippen molar-refractivity contribution in [2.24, 2.45) is 12.0 Å². The molecule has 1 aliphatic carbocycles. The number of anilines is 1. The second-order valence-corrected chi connectivity index (χ2v) is 10.2. The van der Waals surface area contributed by atoms with Gasteiger partial charge < -0.3 is 9.88 Å². The van der Waals surface area contributed by atoms with Crippen molar-refractivity contribution in [2.75, 3.05) is 5.32 Å². The molecule has 1 aromatic heterocycles. The molecule has 0 fully saturated rings. The number of hydrogen-bond donors (Lipinski definition) is 2. The summed E-state index contributed by atoms with van der Waals surface area (Å²) in [6.07, 6.45) is 18.8. The first kappa shape index (κ1) is 28.4. The molecule has 1 aliphatic heterocycles. The molecule has 42 heavy (non-hydrogen) atoms. The summed E-state index contributed by atoms with van der Waals surface area (Å²) >= 11 is 0. The van der Waals surface area contributed by atoms with Crippen molar-refractivity contribution in [2.45, 2.75) is 33.1 Å².